The molecule has 0 bridgehead atoms. The summed E-state index contributed by atoms with van der Waals surface area (Å²) in [5, 5.41) is 12.1. The minimum Gasteiger partial charge on any atom is -0.230 e. The van der Waals surface area contributed by atoms with E-state index in [1.807, 2.05) is 6.92 Å². The summed E-state index contributed by atoms with van der Waals surface area (Å²) in [6.07, 6.45) is 9.53. The van der Waals surface area contributed by atoms with Gasteiger partial charge >= 0.3 is 0 Å². The van der Waals surface area contributed by atoms with E-state index in [0.29, 0.717) is 5.92 Å². The second-order valence-corrected chi connectivity index (χ2v) is 5.14. The quantitative estimate of drug-likeness (QED) is 0.482. The molecule has 2 unspecified atom stereocenters. The van der Waals surface area contributed by atoms with E-state index in [0.717, 1.165) is 19.3 Å². The third-order valence-corrected chi connectivity index (χ3v) is 3.68. The molecule has 0 heterocycles. The predicted molar refractivity (Wildman–Crippen MR) is 66.5 cm³/mol. The fourth-order valence-electron chi connectivity index (χ4n) is 1.93. The first-order valence-electron chi connectivity index (χ1n) is 6.75. The highest BCUT2D eigenvalue weighted by molar-refractivity contribution is 4.77. The zero-order valence-corrected chi connectivity index (χ0v) is 11.1. The average Bonchev–Trinajstić information content (AvgIpc) is 2.22. The van der Waals surface area contributed by atoms with E-state index in [1.54, 1.807) is 0 Å². The van der Waals surface area contributed by atoms with Crippen LogP contribution in [-0.4, -0.2) is 5.60 Å². The van der Waals surface area contributed by atoms with E-state index in [4.69, 9.17) is 0 Å². The highest BCUT2D eigenvalue weighted by Crippen LogP contribution is 2.26. The second kappa shape index (κ2) is 8.15. The van der Waals surface area contributed by atoms with Gasteiger partial charge in [-0.25, -0.2) is 5.11 Å². The normalized spacial score (nSPS) is 17.4. The Morgan fingerprint density at radius 1 is 1.00 bits per heavy atom. The van der Waals surface area contributed by atoms with Crippen LogP contribution >= 0.6 is 0 Å². The maximum atomic E-state index is 12.1. The Bertz CT molecular complexity index is 140. The first kappa shape index (κ1) is 15.0. The lowest BCUT2D eigenvalue weighted by Gasteiger charge is -2.26. The van der Waals surface area contributed by atoms with Crippen molar-refractivity contribution in [3.8, 4) is 0 Å². The van der Waals surface area contributed by atoms with Crippen LogP contribution < -0.4 is 0 Å². The molecule has 0 aliphatic carbocycles. The zero-order chi connectivity index (χ0) is 11.7. The van der Waals surface area contributed by atoms with Gasteiger partial charge in [-0.3, -0.25) is 0 Å². The van der Waals surface area contributed by atoms with Crippen molar-refractivity contribution in [1.82, 2.24) is 0 Å². The average molecular weight is 213 g/mol. The molecule has 91 valence electrons. The van der Waals surface area contributed by atoms with Crippen LogP contribution in [0.15, 0.2) is 0 Å². The first-order chi connectivity index (χ1) is 7.04. The van der Waals surface area contributed by atoms with Crippen LogP contribution in [0.25, 0.3) is 0 Å². The Morgan fingerprint density at radius 3 is 2.07 bits per heavy atom. The second-order valence-electron chi connectivity index (χ2n) is 5.14. The van der Waals surface area contributed by atoms with E-state index in [1.165, 1.54) is 32.1 Å². The van der Waals surface area contributed by atoms with Gasteiger partial charge in [0.1, 0.15) is 5.60 Å². The summed E-state index contributed by atoms with van der Waals surface area (Å²) in [4.78, 5) is 0. The Balaban J connectivity index is 3.48. The van der Waals surface area contributed by atoms with E-state index in [9.17, 15) is 5.11 Å². The molecule has 0 aromatic rings. The van der Waals surface area contributed by atoms with Crippen molar-refractivity contribution in [3.05, 3.63) is 0 Å². The third-order valence-electron chi connectivity index (χ3n) is 3.68. The molecule has 1 radical (unpaired) electrons. The molecule has 2 atom stereocenters. The molecule has 0 amide bonds. The Morgan fingerprint density at radius 2 is 1.53 bits per heavy atom. The largest absolute Gasteiger partial charge is 0.230 e. The fraction of sp³-hybridized carbons (Fsp3) is 1.00. The van der Waals surface area contributed by atoms with Crippen LogP contribution in [0.5, 0.6) is 0 Å². The standard InChI is InChI=1S/C14H29O/c1-5-7-8-9-10-11-12-14(4,15)13(3)6-2/h13H,5-12H2,1-4H3. The van der Waals surface area contributed by atoms with Crippen LogP contribution in [0.2, 0.25) is 0 Å². The predicted octanol–water partition coefficient (Wildman–Crippen LogP) is 4.97. The van der Waals surface area contributed by atoms with E-state index >= 15 is 0 Å². The molecule has 0 aliphatic rings. The summed E-state index contributed by atoms with van der Waals surface area (Å²) >= 11 is 0. The van der Waals surface area contributed by atoms with Gasteiger partial charge in [-0.1, -0.05) is 65.7 Å². The molecule has 0 aromatic carbocycles. The first-order valence-corrected chi connectivity index (χ1v) is 6.75. The van der Waals surface area contributed by atoms with Crippen molar-refractivity contribution in [2.75, 3.05) is 0 Å². The summed E-state index contributed by atoms with van der Waals surface area (Å²) in [5.41, 5.74) is -0.695. The molecule has 0 saturated heterocycles. The van der Waals surface area contributed by atoms with Crippen molar-refractivity contribution in [1.29, 1.82) is 0 Å². The van der Waals surface area contributed by atoms with Crippen molar-refractivity contribution in [2.24, 2.45) is 5.92 Å². The number of unbranched alkanes of at least 4 members (excludes halogenated alkanes) is 5. The van der Waals surface area contributed by atoms with Crippen LogP contribution in [0.4, 0.5) is 0 Å². The Labute approximate surface area is 96.3 Å². The van der Waals surface area contributed by atoms with Gasteiger partial charge in [-0.2, -0.15) is 0 Å². The Kier molecular flexibility index (Phi) is 8.13. The third kappa shape index (κ3) is 6.94. The summed E-state index contributed by atoms with van der Waals surface area (Å²) in [5.74, 6) is 0.313. The summed E-state index contributed by atoms with van der Waals surface area (Å²) in [7, 11) is 0. The van der Waals surface area contributed by atoms with Gasteiger partial charge in [0.05, 0.1) is 0 Å². The van der Waals surface area contributed by atoms with Gasteiger partial charge in [-0.05, 0) is 19.3 Å². The molecule has 0 aliphatic heterocycles. The van der Waals surface area contributed by atoms with E-state index in [-0.39, 0.29) is 0 Å². The topological polar surface area (TPSA) is 19.9 Å². The smallest absolute Gasteiger partial charge is 0.103 e. The maximum Gasteiger partial charge on any atom is 0.103 e. The molecular formula is C14H29O. The number of hydrogen-bond donors (Lipinski definition) is 0. The van der Waals surface area contributed by atoms with Gasteiger partial charge < -0.3 is 0 Å². The lowest BCUT2D eigenvalue weighted by Crippen LogP contribution is -2.30. The highest BCUT2D eigenvalue weighted by atomic mass is 16.3. The van der Waals surface area contributed by atoms with Crippen LogP contribution in [0.1, 0.15) is 79.1 Å². The van der Waals surface area contributed by atoms with Gasteiger partial charge in [-0.15, -0.1) is 0 Å². The van der Waals surface area contributed by atoms with Crippen LogP contribution in [0, 0.1) is 5.92 Å². The summed E-state index contributed by atoms with van der Waals surface area (Å²) in [6.45, 7) is 8.32. The Hall–Kier alpha value is -0.0400. The molecule has 0 N–H and O–H groups in total. The van der Waals surface area contributed by atoms with E-state index < -0.39 is 5.60 Å². The van der Waals surface area contributed by atoms with Crippen molar-refractivity contribution >= 4 is 0 Å². The molecule has 1 nitrogen and oxygen atoms in total. The zero-order valence-electron chi connectivity index (χ0n) is 11.1. The van der Waals surface area contributed by atoms with Gasteiger partial charge in [0.25, 0.3) is 0 Å². The molecule has 1 heteroatoms. The van der Waals surface area contributed by atoms with Crippen LogP contribution in [0.3, 0.4) is 0 Å². The van der Waals surface area contributed by atoms with Crippen molar-refractivity contribution in [2.45, 2.75) is 84.7 Å². The SMILES string of the molecule is CCCCCCCCC(C)([O])C(C)CC. The molecule has 0 spiro atoms. The van der Waals surface area contributed by atoms with Crippen molar-refractivity contribution in [3.63, 3.8) is 0 Å². The molecule has 0 rings (SSSR count). The number of hydrogen-bond acceptors (Lipinski definition) is 0. The monoisotopic (exact) mass is 213 g/mol. The van der Waals surface area contributed by atoms with Gasteiger partial charge in [0.15, 0.2) is 0 Å². The molecule has 0 saturated carbocycles. The minimum absolute atomic E-state index is 0.313. The minimum atomic E-state index is -0.695. The number of rotatable bonds is 9. The molecule has 0 aromatic heterocycles. The lowest BCUT2D eigenvalue weighted by molar-refractivity contribution is -0.0662. The fourth-order valence-corrected chi connectivity index (χ4v) is 1.93. The summed E-state index contributed by atoms with van der Waals surface area (Å²) in [6, 6.07) is 0. The van der Waals surface area contributed by atoms with Gasteiger partial charge in [0, 0.05) is 0 Å². The van der Waals surface area contributed by atoms with E-state index in [2.05, 4.69) is 20.8 Å². The molecular weight excluding hydrogens is 184 g/mol. The van der Waals surface area contributed by atoms with Gasteiger partial charge in [0.2, 0.25) is 0 Å². The molecule has 0 fully saturated rings. The lowest BCUT2D eigenvalue weighted by atomic mass is 9.84. The van der Waals surface area contributed by atoms with Crippen LogP contribution in [-0.2, 0) is 5.11 Å². The highest BCUT2D eigenvalue weighted by Gasteiger charge is 2.28. The summed E-state index contributed by atoms with van der Waals surface area (Å²) < 4.78 is 0. The maximum absolute atomic E-state index is 12.1. The van der Waals surface area contributed by atoms with Crippen molar-refractivity contribution < 1.29 is 5.11 Å². The molecule has 15 heavy (non-hydrogen) atoms.